The van der Waals surface area contributed by atoms with E-state index in [4.69, 9.17) is 10.5 Å². The number of methoxy groups -OCH3 is 1. The third-order valence-electron chi connectivity index (χ3n) is 2.75. The minimum absolute atomic E-state index is 0.327. The molecule has 1 fully saturated rings. The Labute approximate surface area is 90.0 Å². The van der Waals surface area contributed by atoms with Crippen molar-refractivity contribution in [3.63, 3.8) is 0 Å². The average molecular weight is 207 g/mol. The maximum Gasteiger partial charge on any atom is 0.217 e. The van der Waals surface area contributed by atoms with Crippen molar-refractivity contribution in [2.45, 2.75) is 19.0 Å². The van der Waals surface area contributed by atoms with Crippen LogP contribution in [0.3, 0.4) is 0 Å². The summed E-state index contributed by atoms with van der Waals surface area (Å²) in [6.45, 7) is 2.92. The second-order valence-electron chi connectivity index (χ2n) is 3.96. The van der Waals surface area contributed by atoms with Gasteiger partial charge in [0.2, 0.25) is 5.88 Å². The monoisotopic (exact) mass is 207 g/mol. The molecular formula is C11H17N3O. The lowest BCUT2D eigenvalue weighted by Gasteiger charge is -2.16. The van der Waals surface area contributed by atoms with Gasteiger partial charge in [0.1, 0.15) is 0 Å². The molecule has 1 aromatic heterocycles. The summed E-state index contributed by atoms with van der Waals surface area (Å²) in [5.41, 5.74) is 6.99. The first-order valence-electron chi connectivity index (χ1n) is 5.25. The van der Waals surface area contributed by atoms with Crippen molar-refractivity contribution < 1.29 is 4.74 Å². The van der Waals surface area contributed by atoms with Gasteiger partial charge in [-0.25, -0.2) is 4.98 Å². The number of nitrogens with zero attached hydrogens (tertiary/aromatic N) is 2. The summed E-state index contributed by atoms with van der Waals surface area (Å²) in [7, 11) is 1.65. The Balaban J connectivity index is 2.04. The van der Waals surface area contributed by atoms with Crippen LogP contribution in [0.1, 0.15) is 12.0 Å². The van der Waals surface area contributed by atoms with Crippen molar-refractivity contribution in [3.8, 4) is 5.88 Å². The van der Waals surface area contributed by atoms with Gasteiger partial charge in [0.15, 0.2) is 0 Å². The molecule has 1 saturated heterocycles. The smallest absolute Gasteiger partial charge is 0.217 e. The number of ether oxygens (including phenoxy) is 1. The molecule has 0 aromatic carbocycles. The van der Waals surface area contributed by atoms with E-state index in [1.54, 1.807) is 13.3 Å². The quantitative estimate of drug-likeness (QED) is 0.789. The van der Waals surface area contributed by atoms with Gasteiger partial charge in [0.25, 0.3) is 0 Å². The largest absolute Gasteiger partial charge is 0.481 e. The SMILES string of the molecule is COc1ncccc1CN1CCC(N)C1. The maximum atomic E-state index is 5.86. The van der Waals surface area contributed by atoms with Gasteiger partial charge in [0, 0.05) is 37.4 Å². The molecule has 1 aliphatic heterocycles. The summed E-state index contributed by atoms with van der Waals surface area (Å²) in [6, 6.07) is 4.32. The molecule has 2 rings (SSSR count). The highest BCUT2D eigenvalue weighted by Crippen LogP contribution is 2.18. The van der Waals surface area contributed by atoms with Gasteiger partial charge in [-0.05, 0) is 12.5 Å². The minimum atomic E-state index is 0.327. The van der Waals surface area contributed by atoms with Crippen LogP contribution in [0.15, 0.2) is 18.3 Å². The molecule has 0 radical (unpaired) electrons. The number of likely N-dealkylation sites (tertiary alicyclic amines) is 1. The highest BCUT2D eigenvalue weighted by atomic mass is 16.5. The van der Waals surface area contributed by atoms with E-state index in [1.807, 2.05) is 6.07 Å². The molecular weight excluding hydrogens is 190 g/mol. The van der Waals surface area contributed by atoms with Crippen LogP contribution in [0.2, 0.25) is 0 Å². The molecule has 0 amide bonds. The number of nitrogens with two attached hydrogens (primary N) is 1. The van der Waals surface area contributed by atoms with Gasteiger partial charge in [0.05, 0.1) is 7.11 Å². The summed E-state index contributed by atoms with van der Waals surface area (Å²) in [6.07, 6.45) is 2.83. The number of rotatable bonds is 3. The standard InChI is InChI=1S/C11H17N3O/c1-15-11-9(3-2-5-13-11)7-14-6-4-10(12)8-14/h2-3,5,10H,4,6-8,12H2,1H3. The highest BCUT2D eigenvalue weighted by molar-refractivity contribution is 5.25. The van der Waals surface area contributed by atoms with Gasteiger partial charge < -0.3 is 10.5 Å². The summed E-state index contributed by atoms with van der Waals surface area (Å²) in [4.78, 5) is 6.52. The number of hydrogen-bond acceptors (Lipinski definition) is 4. The predicted octanol–water partition coefficient (Wildman–Crippen LogP) is 0.623. The van der Waals surface area contributed by atoms with Crippen molar-refractivity contribution >= 4 is 0 Å². The number of pyridine rings is 1. The maximum absolute atomic E-state index is 5.86. The van der Waals surface area contributed by atoms with Gasteiger partial charge in [-0.15, -0.1) is 0 Å². The molecule has 1 aromatic rings. The number of aromatic nitrogens is 1. The summed E-state index contributed by atoms with van der Waals surface area (Å²) in [5.74, 6) is 0.720. The minimum Gasteiger partial charge on any atom is -0.481 e. The zero-order chi connectivity index (χ0) is 10.7. The van der Waals surface area contributed by atoms with Crippen LogP contribution in [0.4, 0.5) is 0 Å². The van der Waals surface area contributed by atoms with E-state index in [9.17, 15) is 0 Å². The molecule has 0 bridgehead atoms. The third-order valence-corrected chi connectivity index (χ3v) is 2.75. The average Bonchev–Trinajstić information content (AvgIpc) is 2.65. The fraction of sp³-hybridized carbons (Fsp3) is 0.545. The lowest BCUT2D eigenvalue weighted by molar-refractivity contribution is 0.314. The molecule has 2 N–H and O–H groups in total. The highest BCUT2D eigenvalue weighted by Gasteiger charge is 2.20. The Hall–Kier alpha value is -1.13. The first kappa shape index (κ1) is 10.4. The summed E-state index contributed by atoms with van der Waals surface area (Å²) < 4.78 is 5.21. The van der Waals surface area contributed by atoms with Crippen LogP contribution in [0, 0.1) is 0 Å². The fourth-order valence-electron chi connectivity index (χ4n) is 1.98. The molecule has 15 heavy (non-hydrogen) atoms. The Morgan fingerprint density at radius 1 is 1.67 bits per heavy atom. The molecule has 4 nitrogen and oxygen atoms in total. The molecule has 0 aliphatic carbocycles. The predicted molar refractivity (Wildman–Crippen MR) is 58.7 cm³/mol. The first-order valence-corrected chi connectivity index (χ1v) is 5.25. The van der Waals surface area contributed by atoms with E-state index in [0.29, 0.717) is 6.04 Å². The van der Waals surface area contributed by atoms with Crippen molar-refractivity contribution in [1.29, 1.82) is 0 Å². The van der Waals surface area contributed by atoms with E-state index in [1.165, 1.54) is 0 Å². The molecule has 82 valence electrons. The van der Waals surface area contributed by atoms with Crippen molar-refractivity contribution in [2.24, 2.45) is 5.73 Å². The fourth-order valence-corrected chi connectivity index (χ4v) is 1.98. The van der Waals surface area contributed by atoms with Crippen molar-refractivity contribution in [2.75, 3.05) is 20.2 Å². The molecule has 1 aliphatic rings. The van der Waals surface area contributed by atoms with E-state index in [-0.39, 0.29) is 0 Å². The zero-order valence-corrected chi connectivity index (χ0v) is 9.02. The van der Waals surface area contributed by atoms with E-state index in [2.05, 4.69) is 16.0 Å². The van der Waals surface area contributed by atoms with Gasteiger partial charge in [-0.3, -0.25) is 4.90 Å². The van der Waals surface area contributed by atoms with Gasteiger partial charge >= 0.3 is 0 Å². The van der Waals surface area contributed by atoms with Crippen LogP contribution >= 0.6 is 0 Å². The normalized spacial score (nSPS) is 21.9. The first-order chi connectivity index (χ1) is 7.29. The Kier molecular flexibility index (Phi) is 3.18. The molecule has 0 saturated carbocycles. The third kappa shape index (κ3) is 2.46. The van der Waals surface area contributed by atoms with Crippen molar-refractivity contribution in [1.82, 2.24) is 9.88 Å². The topological polar surface area (TPSA) is 51.4 Å². The Bertz CT molecular complexity index is 329. The van der Waals surface area contributed by atoms with E-state index >= 15 is 0 Å². The lowest BCUT2D eigenvalue weighted by Crippen LogP contribution is -2.26. The summed E-state index contributed by atoms with van der Waals surface area (Å²) in [5, 5.41) is 0. The Morgan fingerprint density at radius 3 is 3.20 bits per heavy atom. The lowest BCUT2D eigenvalue weighted by atomic mass is 10.2. The van der Waals surface area contributed by atoms with Crippen LogP contribution in [0.25, 0.3) is 0 Å². The van der Waals surface area contributed by atoms with Crippen LogP contribution in [0.5, 0.6) is 5.88 Å². The van der Waals surface area contributed by atoms with Crippen LogP contribution in [-0.4, -0.2) is 36.1 Å². The second kappa shape index (κ2) is 4.59. The van der Waals surface area contributed by atoms with Gasteiger partial charge in [-0.1, -0.05) is 6.07 Å². The molecule has 2 heterocycles. The molecule has 1 atom stereocenters. The Morgan fingerprint density at radius 2 is 2.53 bits per heavy atom. The second-order valence-corrected chi connectivity index (χ2v) is 3.96. The van der Waals surface area contributed by atoms with E-state index in [0.717, 1.165) is 37.5 Å². The van der Waals surface area contributed by atoms with E-state index < -0.39 is 0 Å². The van der Waals surface area contributed by atoms with Crippen molar-refractivity contribution in [3.05, 3.63) is 23.9 Å². The van der Waals surface area contributed by atoms with Gasteiger partial charge in [-0.2, -0.15) is 0 Å². The molecule has 4 heteroatoms. The zero-order valence-electron chi connectivity index (χ0n) is 9.02. The molecule has 0 spiro atoms. The van der Waals surface area contributed by atoms with Crippen LogP contribution < -0.4 is 10.5 Å². The summed E-state index contributed by atoms with van der Waals surface area (Å²) >= 11 is 0. The molecule has 1 unspecified atom stereocenters. The number of hydrogen-bond donors (Lipinski definition) is 1. The van der Waals surface area contributed by atoms with Crippen LogP contribution in [-0.2, 0) is 6.54 Å².